The van der Waals surface area contributed by atoms with Crippen molar-refractivity contribution in [1.29, 1.82) is 0 Å². The molecule has 28 heavy (non-hydrogen) atoms. The standard InChI is InChI=1S/C23H34O5/c1-13(24)23(27)10-8-18-17-6-5-15-11-16(26)7-9-21(15,3)20(17)19(28-14(2)25)12-22(18,23)4/h15,17-20,27H,5-12H2,1-4H3/t15?,17-,18-,19?,20+,21-,22-,23-/m0/s1. The van der Waals surface area contributed by atoms with Crippen LogP contribution in [0.15, 0.2) is 0 Å². The zero-order valence-electron chi connectivity index (χ0n) is 17.6. The molecule has 0 saturated heterocycles. The Kier molecular flexibility index (Phi) is 4.57. The zero-order valence-corrected chi connectivity index (χ0v) is 17.6. The molecular weight excluding hydrogens is 356 g/mol. The summed E-state index contributed by atoms with van der Waals surface area (Å²) in [6, 6.07) is 0. The maximum Gasteiger partial charge on any atom is 0.302 e. The highest BCUT2D eigenvalue weighted by atomic mass is 16.5. The minimum atomic E-state index is -1.33. The number of aliphatic hydroxyl groups is 1. The molecule has 0 bridgehead atoms. The van der Waals surface area contributed by atoms with Crippen LogP contribution in [0.4, 0.5) is 0 Å². The van der Waals surface area contributed by atoms with Crippen molar-refractivity contribution in [2.24, 2.45) is 34.5 Å². The Bertz CT molecular complexity index is 716. The van der Waals surface area contributed by atoms with E-state index in [4.69, 9.17) is 4.74 Å². The summed E-state index contributed by atoms with van der Waals surface area (Å²) in [5.41, 5.74) is -1.91. The molecule has 5 nitrogen and oxygen atoms in total. The lowest BCUT2D eigenvalue weighted by molar-refractivity contribution is -0.209. The van der Waals surface area contributed by atoms with Crippen LogP contribution in [0, 0.1) is 34.5 Å². The summed E-state index contributed by atoms with van der Waals surface area (Å²) in [6.45, 7) is 7.28. The van der Waals surface area contributed by atoms with E-state index in [1.165, 1.54) is 13.8 Å². The van der Waals surface area contributed by atoms with E-state index >= 15 is 0 Å². The maximum absolute atomic E-state index is 12.4. The van der Waals surface area contributed by atoms with Gasteiger partial charge in [0, 0.05) is 31.1 Å². The van der Waals surface area contributed by atoms with E-state index in [-0.39, 0.29) is 35.1 Å². The fourth-order valence-electron chi connectivity index (χ4n) is 8.04. The van der Waals surface area contributed by atoms with E-state index in [0.29, 0.717) is 43.3 Å². The van der Waals surface area contributed by atoms with Gasteiger partial charge in [0.25, 0.3) is 0 Å². The Balaban J connectivity index is 1.77. The molecule has 0 heterocycles. The molecule has 8 atom stereocenters. The molecule has 0 radical (unpaired) electrons. The van der Waals surface area contributed by atoms with Gasteiger partial charge < -0.3 is 9.84 Å². The Labute approximate surface area is 167 Å². The molecule has 4 rings (SSSR count). The van der Waals surface area contributed by atoms with Gasteiger partial charge in [-0.05, 0) is 68.6 Å². The lowest BCUT2D eigenvalue weighted by atomic mass is 9.43. The van der Waals surface area contributed by atoms with E-state index in [2.05, 4.69) is 6.92 Å². The summed E-state index contributed by atoms with van der Waals surface area (Å²) in [5.74, 6) is 1.03. The van der Waals surface area contributed by atoms with Crippen LogP contribution >= 0.6 is 0 Å². The fourth-order valence-corrected chi connectivity index (χ4v) is 8.04. The van der Waals surface area contributed by atoms with Crippen LogP contribution in [0.3, 0.4) is 0 Å². The van der Waals surface area contributed by atoms with Crippen molar-refractivity contribution in [2.45, 2.75) is 90.8 Å². The largest absolute Gasteiger partial charge is 0.462 e. The second kappa shape index (κ2) is 6.38. The van der Waals surface area contributed by atoms with E-state index in [1.807, 2.05) is 6.92 Å². The summed E-state index contributed by atoms with van der Waals surface area (Å²) < 4.78 is 5.90. The van der Waals surface area contributed by atoms with Crippen LogP contribution in [0.25, 0.3) is 0 Å². The molecule has 0 aromatic rings. The van der Waals surface area contributed by atoms with E-state index < -0.39 is 11.0 Å². The second-order valence-electron chi connectivity index (χ2n) is 10.5. The van der Waals surface area contributed by atoms with Crippen LogP contribution in [0.1, 0.15) is 79.1 Å². The number of carbonyl (C=O) groups excluding carboxylic acids is 3. The Morgan fingerprint density at radius 3 is 2.46 bits per heavy atom. The average Bonchev–Trinajstić information content (AvgIpc) is 2.87. The number of hydrogen-bond donors (Lipinski definition) is 1. The monoisotopic (exact) mass is 390 g/mol. The number of ether oxygens (including phenoxy) is 1. The molecule has 0 aromatic carbocycles. The van der Waals surface area contributed by atoms with Gasteiger partial charge in [-0.1, -0.05) is 13.8 Å². The van der Waals surface area contributed by atoms with Crippen molar-refractivity contribution >= 4 is 17.5 Å². The van der Waals surface area contributed by atoms with E-state index in [0.717, 1.165) is 25.7 Å². The fraction of sp³-hybridized carbons (Fsp3) is 0.870. The van der Waals surface area contributed by atoms with Crippen LogP contribution in [0.5, 0.6) is 0 Å². The molecule has 4 fully saturated rings. The molecule has 4 aliphatic carbocycles. The van der Waals surface area contributed by atoms with Gasteiger partial charge >= 0.3 is 5.97 Å². The molecule has 4 saturated carbocycles. The molecule has 4 aliphatic rings. The Morgan fingerprint density at radius 1 is 1.11 bits per heavy atom. The first-order valence-corrected chi connectivity index (χ1v) is 11.0. The van der Waals surface area contributed by atoms with Gasteiger partial charge in [0.1, 0.15) is 17.5 Å². The normalized spacial score (nSPS) is 50.3. The number of hydrogen-bond acceptors (Lipinski definition) is 5. The number of ketones is 2. The summed E-state index contributed by atoms with van der Waals surface area (Å²) in [6.07, 6.45) is 5.70. The van der Waals surface area contributed by atoms with Crippen LogP contribution in [0.2, 0.25) is 0 Å². The highest BCUT2D eigenvalue weighted by Gasteiger charge is 2.69. The number of Topliss-reactive ketones (excluding diaryl/α,β-unsaturated/α-hetero) is 2. The van der Waals surface area contributed by atoms with Gasteiger partial charge in [-0.2, -0.15) is 0 Å². The summed E-state index contributed by atoms with van der Waals surface area (Å²) in [7, 11) is 0. The molecule has 0 aromatic heterocycles. The molecule has 2 unspecified atom stereocenters. The Morgan fingerprint density at radius 2 is 1.82 bits per heavy atom. The third-order valence-electron chi connectivity index (χ3n) is 9.44. The minimum absolute atomic E-state index is 0.0186. The smallest absolute Gasteiger partial charge is 0.302 e. The first-order chi connectivity index (χ1) is 13.0. The predicted molar refractivity (Wildman–Crippen MR) is 103 cm³/mol. The van der Waals surface area contributed by atoms with Crippen molar-refractivity contribution in [3.63, 3.8) is 0 Å². The van der Waals surface area contributed by atoms with Crippen molar-refractivity contribution in [3.05, 3.63) is 0 Å². The number of fused-ring (bicyclic) bond motifs is 5. The van der Waals surface area contributed by atoms with Crippen molar-refractivity contribution in [2.75, 3.05) is 0 Å². The van der Waals surface area contributed by atoms with Gasteiger partial charge in [-0.15, -0.1) is 0 Å². The average molecular weight is 391 g/mol. The number of esters is 1. The van der Waals surface area contributed by atoms with Crippen LogP contribution in [-0.4, -0.2) is 34.3 Å². The number of rotatable bonds is 2. The molecule has 0 aliphatic heterocycles. The highest BCUT2D eigenvalue weighted by Crippen LogP contribution is 2.68. The predicted octanol–water partition coefficient (Wildman–Crippen LogP) is 3.46. The zero-order chi connectivity index (χ0) is 20.5. The topological polar surface area (TPSA) is 80.7 Å². The third-order valence-corrected chi connectivity index (χ3v) is 9.44. The van der Waals surface area contributed by atoms with Crippen molar-refractivity contribution in [3.8, 4) is 0 Å². The summed E-state index contributed by atoms with van der Waals surface area (Å²) in [5, 5.41) is 11.4. The van der Waals surface area contributed by atoms with Gasteiger partial charge in [-0.25, -0.2) is 0 Å². The molecule has 0 amide bonds. The first kappa shape index (κ1) is 20.1. The van der Waals surface area contributed by atoms with Crippen LogP contribution < -0.4 is 0 Å². The molecule has 156 valence electrons. The molecule has 0 spiro atoms. The Hall–Kier alpha value is -1.23. The van der Waals surface area contributed by atoms with Crippen molar-refractivity contribution in [1.82, 2.24) is 0 Å². The van der Waals surface area contributed by atoms with Crippen molar-refractivity contribution < 1.29 is 24.2 Å². The highest BCUT2D eigenvalue weighted by molar-refractivity contribution is 5.86. The quantitative estimate of drug-likeness (QED) is 0.730. The van der Waals surface area contributed by atoms with Crippen LogP contribution in [-0.2, 0) is 19.1 Å². The lowest BCUT2D eigenvalue weighted by Crippen LogP contribution is -2.63. The third kappa shape index (κ3) is 2.57. The van der Waals surface area contributed by atoms with Gasteiger partial charge in [0.2, 0.25) is 0 Å². The summed E-state index contributed by atoms with van der Waals surface area (Å²) in [4.78, 5) is 36.6. The van der Waals surface area contributed by atoms with Gasteiger partial charge in [-0.3, -0.25) is 14.4 Å². The molecule has 1 N–H and O–H groups in total. The maximum atomic E-state index is 12.4. The number of carbonyl (C=O) groups is 3. The van der Waals surface area contributed by atoms with Gasteiger partial charge in [0.15, 0.2) is 5.78 Å². The lowest BCUT2D eigenvalue weighted by Gasteiger charge is -2.62. The minimum Gasteiger partial charge on any atom is -0.462 e. The SMILES string of the molecule is CC(=O)OC1C[C@@]2(C)[C@@H](CC[C@]2(O)C(C)=O)[C@@H]2CCC3CC(=O)CC[C@]3(C)[C@@H]12. The van der Waals surface area contributed by atoms with Gasteiger partial charge in [0.05, 0.1) is 0 Å². The second-order valence-corrected chi connectivity index (χ2v) is 10.5. The molecule has 5 heteroatoms. The van der Waals surface area contributed by atoms with E-state index in [9.17, 15) is 19.5 Å². The molecular formula is C23H34O5. The first-order valence-electron chi connectivity index (χ1n) is 11.0. The summed E-state index contributed by atoms with van der Waals surface area (Å²) >= 11 is 0. The van der Waals surface area contributed by atoms with E-state index in [1.54, 1.807) is 0 Å².